The van der Waals surface area contributed by atoms with Crippen molar-refractivity contribution in [3.05, 3.63) is 59.7 Å². The van der Waals surface area contributed by atoms with E-state index in [1.54, 1.807) is 24.3 Å². The van der Waals surface area contributed by atoms with Gasteiger partial charge in [0.1, 0.15) is 0 Å². The van der Waals surface area contributed by atoms with E-state index in [9.17, 15) is 14.4 Å². The van der Waals surface area contributed by atoms with Crippen molar-refractivity contribution in [3.8, 4) is 0 Å². The maximum atomic E-state index is 12.8. The van der Waals surface area contributed by atoms with Crippen LogP contribution in [0.25, 0.3) is 0 Å². The molecule has 1 atom stereocenters. The minimum absolute atomic E-state index is 0.150. The molecule has 2 aromatic rings. The summed E-state index contributed by atoms with van der Waals surface area (Å²) in [4.78, 5) is 37.4. The quantitative estimate of drug-likeness (QED) is 0.838. The number of para-hydroxylation sites is 1. The molecular formula is C18H14N2O4S. The summed E-state index contributed by atoms with van der Waals surface area (Å²) in [5.41, 5.74) is 2.43. The minimum Gasteiger partial charge on any atom is -0.465 e. The van der Waals surface area contributed by atoms with Gasteiger partial charge in [0.2, 0.25) is 10.8 Å². The van der Waals surface area contributed by atoms with E-state index >= 15 is 0 Å². The molecule has 1 unspecified atom stereocenters. The highest BCUT2D eigenvalue weighted by Gasteiger charge is 2.58. The molecular weight excluding hydrogens is 340 g/mol. The van der Waals surface area contributed by atoms with Crippen LogP contribution in [0.15, 0.2) is 48.5 Å². The summed E-state index contributed by atoms with van der Waals surface area (Å²) in [6.07, 6.45) is 0. The number of rotatable bonds is 2. The number of ether oxygens (including phenoxy) is 1. The van der Waals surface area contributed by atoms with Crippen molar-refractivity contribution < 1.29 is 19.1 Å². The van der Waals surface area contributed by atoms with Crippen LogP contribution >= 0.6 is 11.8 Å². The molecule has 25 heavy (non-hydrogen) atoms. The number of hydrogen-bond acceptors (Lipinski definition) is 5. The SMILES string of the molecule is COC(=O)c1ccc(N2C(=O)CSC23C(=O)Nc2ccccc23)cc1. The maximum Gasteiger partial charge on any atom is 0.337 e. The summed E-state index contributed by atoms with van der Waals surface area (Å²) in [6, 6.07) is 13.9. The van der Waals surface area contributed by atoms with Crippen molar-refractivity contribution >= 4 is 40.9 Å². The number of anilines is 2. The van der Waals surface area contributed by atoms with Gasteiger partial charge in [-0.1, -0.05) is 18.2 Å². The van der Waals surface area contributed by atoms with E-state index in [0.29, 0.717) is 16.9 Å². The number of nitrogens with one attached hydrogen (secondary N) is 1. The fourth-order valence-electron chi connectivity index (χ4n) is 3.24. The monoisotopic (exact) mass is 354 g/mol. The zero-order chi connectivity index (χ0) is 17.6. The molecule has 2 aliphatic heterocycles. The first-order valence-corrected chi connectivity index (χ1v) is 8.63. The lowest BCUT2D eigenvalue weighted by Gasteiger charge is -2.32. The maximum absolute atomic E-state index is 12.8. The first-order chi connectivity index (χ1) is 12.1. The van der Waals surface area contributed by atoms with Gasteiger partial charge in [-0.05, 0) is 30.3 Å². The third-order valence-corrected chi connectivity index (χ3v) is 5.76. The zero-order valence-electron chi connectivity index (χ0n) is 13.3. The smallest absolute Gasteiger partial charge is 0.337 e. The summed E-state index contributed by atoms with van der Waals surface area (Å²) in [5, 5.41) is 2.86. The predicted octanol–water partition coefficient (Wildman–Crippen LogP) is 2.36. The van der Waals surface area contributed by atoms with Crippen molar-refractivity contribution in [1.82, 2.24) is 0 Å². The summed E-state index contributed by atoms with van der Waals surface area (Å²) >= 11 is 1.30. The number of carbonyl (C=O) groups excluding carboxylic acids is 3. The third-order valence-electron chi connectivity index (χ3n) is 4.36. The fourth-order valence-corrected chi connectivity index (χ4v) is 4.56. The van der Waals surface area contributed by atoms with Gasteiger partial charge in [-0.2, -0.15) is 0 Å². The van der Waals surface area contributed by atoms with Gasteiger partial charge in [0, 0.05) is 16.9 Å². The zero-order valence-corrected chi connectivity index (χ0v) is 14.1. The van der Waals surface area contributed by atoms with Gasteiger partial charge in [0.15, 0.2) is 0 Å². The molecule has 2 aromatic carbocycles. The highest BCUT2D eigenvalue weighted by molar-refractivity contribution is 8.02. The van der Waals surface area contributed by atoms with Crippen LogP contribution < -0.4 is 10.2 Å². The Labute approximate surface area is 148 Å². The highest BCUT2D eigenvalue weighted by Crippen LogP contribution is 2.53. The average Bonchev–Trinajstić information content (AvgIpc) is 3.13. The number of amides is 2. The molecule has 0 aromatic heterocycles. The Morgan fingerprint density at radius 2 is 1.88 bits per heavy atom. The van der Waals surface area contributed by atoms with E-state index in [4.69, 9.17) is 4.74 Å². The van der Waals surface area contributed by atoms with Crippen LogP contribution in [-0.4, -0.2) is 30.6 Å². The van der Waals surface area contributed by atoms with Crippen LogP contribution in [0.3, 0.4) is 0 Å². The van der Waals surface area contributed by atoms with Crippen LogP contribution in [0.1, 0.15) is 15.9 Å². The standard InChI is InChI=1S/C18H14N2O4S/c1-24-16(22)11-6-8-12(9-7-11)20-15(21)10-25-18(20)13-4-2-3-5-14(13)19-17(18)23/h2-9H,10H2,1H3,(H,19,23). The third kappa shape index (κ3) is 2.16. The Morgan fingerprint density at radius 1 is 1.16 bits per heavy atom. The fraction of sp³-hybridized carbons (Fsp3) is 0.167. The molecule has 2 aliphatic rings. The van der Waals surface area contributed by atoms with E-state index in [-0.39, 0.29) is 17.6 Å². The van der Waals surface area contributed by atoms with Crippen molar-refractivity contribution in [1.29, 1.82) is 0 Å². The molecule has 0 bridgehead atoms. The second-order valence-electron chi connectivity index (χ2n) is 5.70. The first-order valence-electron chi connectivity index (χ1n) is 7.64. The summed E-state index contributed by atoms with van der Waals surface area (Å²) in [6.45, 7) is 0. The van der Waals surface area contributed by atoms with Crippen molar-refractivity contribution in [2.45, 2.75) is 4.87 Å². The van der Waals surface area contributed by atoms with Crippen LogP contribution in [-0.2, 0) is 19.2 Å². The molecule has 0 saturated carbocycles. The van der Waals surface area contributed by atoms with Gasteiger partial charge in [-0.15, -0.1) is 11.8 Å². The number of nitrogens with zero attached hydrogens (tertiary/aromatic N) is 1. The Morgan fingerprint density at radius 3 is 2.60 bits per heavy atom. The van der Waals surface area contributed by atoms with Crippen molar-refractivity contribution in [2.24, 2.45) is 0 Å². The number of hydrogen-bond donors (Lipinski definition) is 1. The Hall–Kier alpha value is -2.80. The number of carbonyl (C=O) groups is 3. The normalized spacial score (nSPS) is 21.4. The van der Waals surface area contributed by atoms with Gasteiger partial charge in [-0.3, -0.25) is 14.5 Å². The van der Waals surface area contributed by atoms with Gasteiger partial charge in [0.25, 0.3) is 5.91 Å². The molecule has 1 spiro atoms. The van der Waals surface area contributed by atoms with Gasteiger partial charge in [-0.25, -0.2) is 4.79 Å². The lowest BCUT2D eigenvalue weighted by Crippen LogP contribution is -2.47. The Bertz CT molecular complexity index is 896. The lowest BCUT2D eigenvalue weighted by atomic mass is 10.0. The molecule has 7 heteroatoms. The Kier molecular flexibility index (Phi) is 3.54. The molecule has 126 valence electrons. The summed E-state index contributed by atoms with van der Waals surface area (Å²) < 4.78 is 4.69. The van der Waals surface area contributed by atoms with Gasteiger partial charge < -0.3 is 10.1 Å². The van der Waals surface area contributed by atoms with E-state index in [1.807, 2.05) is 24.3 Å². The predicted molar refractivity (Wildman–Crippen MR) is 94.5 cm³/mol. The molecule has 6 nitrogen and oxygen atoms in total. The lowest BCUT2D eigenvalue weighted by molar-refractivity contribution is -0.122. The second-order valence-corrected chi connectivity index (χ2v) is 6.87. The van der Waals surface area contributed by atoms with Crippen LogP contribution in [0.2, 0.25) is 0 Å². The highest BCUT2D eigenvalue weighted by atomic mass is 32.2. The molecule has 1 N–H and O–H groups in total. The van der Waals surface area contributed by atoms with E-state index in [1.165, 1.54) is 23.8 Å². The first kappa shape index (κ1) is 15.7. The number of methoxy groups -OCH3 is 1. The summed E-state index contributed by atoms with van der Waals surface area (Å²) in [7, 11) is 1.31. The van der Waals surface area contributed by atoms with Crippen molar-refractivity contribution in [3.63, 3.8) is 0 Å². The van der Waals surface area contributed by atoms with Gasteiger partial charge in [0.05, 0.1) is 18.4 Å². The van der Waals surface area contributed by atoms with Gasteiger partial charge >= 0.3 is 5.97 Å². The number of esters is 1. The van der Waals surface area contributed by atoms with Crippen LogP contribution in [0, 0.1) is 0 Å². The average molecular weight is 354 g/mol. The number of fused-ring (bicyclic) bond motifs is 2. The topological polar surface area (TPSA) is 75.7 Å². The van der Waals surface area contributed by atoms with E-state index in [0.717, 1.165) is 5.56 Å². The number of thioether (sulfide) groups is 1. The van der Waals surface area contributed by atoms with E-state index < -0.39 is 10.8 Å². The summed E-state index contributed by atoms with van der Waals surface area (Å²) in [5.74, 6) is -0.628. The molecule has 0 radical (unpaired) electrons. The largest absolute Gasteiger partial charge is 0.465 e. The Balaban J connectivity index is 1.82. The van der Waals surface area contributed by atoms with E-state index in [2.05, 4.69) is 5.32 Å². The number of benzene rings is 2. The molecule has 1 fully saturated rings. The minimum atomic E-state index is -1.11. The second kappa shape index (κ2) is 5.63. The molecule has 2 amide bonds. The van der Waals surface area contributed by atoms with Crippen LogP contribution in [0.4, 0.5) is 11.4 Å². The molecule has 0 aliphatic carbocycles. The van der Waals surface area contributed by atoms with Crippen molar-refractivity contribution in [2.75, 3.05) is 23.1 Å². The van der Waals surface area contributed by atoms with Crippen LogP contribution in [0.5, 0.6) is 0 Å². The molecule has 4 rings (SSSR count). The molecule has 1 saturated heterocycles. The molecule has 2 heterocycles.